The van der Waals surface area contributed by atoms with Crippen molar-refractivity contribution >= 4 is 82.7 Å². The van der Waals surface area contributed by atoms with Crippen LogP contribution in [0, 0.1) is 5.92 Å². The lowest BCUT2D eigenvalue weighted by atomic mass is 9.97. The molecule has 9 nitrogen and oxygen atoms in total. The highest BCUT2D eigenvalue weighted by molar-refractivity contribution is 7.17. The summed E-state index contributed by atoms with van der Waals surface area (Å²) in [6, 6.07) is 29.2. The number of cyclic esters (lactones) is 1. The smallest absolute Gasteiger partial charge is 0.414 e. The summed E-state index contributed by atoms with van der Waals surface area (Å²) in [5, 5.41) is 5.44. The fraction of sp³-hybridized carbons (Fsp3) is 0.324. The van der Waals surface area contributed by atoms with Crippen molar-refractivity contribution in [2.75, 3.05) is 36.0 Å². The summed E-state index contributed by atoms with van der Waals surface area (Å²) >= 11 is 13.8. The van der Waals surface area contributed by atoms with Gasteiger partial charge in [0.25, 0.3) is 8.32 Å². The maximum atomic E-state index is 14.1. The van der Waals surface area contributed by atoms with Crippen LogP contribution < -0.4 is 30.2 Å². The number of thiophene rings is 1. The molecule has 0 radical (unpaired) electrons. The van der Waals surface area contributed by atoms with Crippen LogP contribution in [-0.4, -0.2) is 58.8 Å². The van der Waals surface area contributed by atoms with Crippen LogP contribution in [0.25, 0.3) is 0 Å². The van der Waals surface area contributed by atoms with Crippen molar-refractivity contribution < 1.29 is 28.3 Å². The van der Waals surface area contributed by atoms with Crippen molar-refractivity contribution in [2.45, 2.75) is 44.8 Å². The maximum Gasteiger partial charge on any atom is 0.414 e. The van der Waals surface area contributed by atoms with Gasteiger partial charge in [0.05, 0.1) is 34.1 Å². The van der Waals surface area contributed by atoms with Crippen molar-refractivity contribution in [1.29, 1.82) is 0 Å². The lowest BCUT2D eigenvalue weighted by Gasteiger charge is -2.44. The normalized spacial score (nSPS) is 18.3. The van der Waals surface area contributed by atoms with Gasteiger partial charge in [-0.25, -0.2) is 9.59 Å². The Labute approximate surface area is 307 Å². The van der Waals surface area contributed by atoms with Gasteiger partial charge in [0, 0.05) is 18.8 Å². The first kappa shape index (κ1) is 35.9. The number of ether oxygens (including phenoxy) is 2. The van der Waals surface area contributed by atoms with Crippen LogP contribution in [0.15, 0.2) is 91.0 Å². The van der Waals surface area contributed by atoms with Crippen LogP contribution in [0.2, 0.25) is 14.4 Å². The molecule has 2 atom stereocenters. The number of piperidine rings is 1. The Morgan fingerprint density at radius 1 is 0.960 bits per heavy atom. The summed E-state index contributed by atoms with van der Waals surface area (Å²) in [6.07, 6.45) is -0.318. The molecule has 3 aromatic carbocycles. The van der Waals surface area contributed by atoms with E-state index in [0.29, 0.717) is 45.4 Å². The Morgan fingerprint density at radius 2 is 1.64 bits per heavy atom. The highest BCUT2D eigenvalue weighted by Crippen LogP contribution is 2.39. The molecule has 13 heteroatoms. The highest BCUT2D eigenvalue weighted by Gasteiger charge is 2.51. The van der Waals surface area contributed by atoms with E-state index in [1.807, 2.05) is 36.4 Å². The average molecular weight is 753 g/mol. The highest BCUT2D eigenvalue weighted by atomic mass is 35.5. The van der Waals surface area contributed by atoms with Crippen molar-refractivity contribution in [3.8, 4) is 5.06 Å². The van der Waals surface area contributed by atoms with Crippen molar-refractivity contribution in [3.05, 3.63) is 100 Å². The first-order valence-corrected chi connectivity index (χ1v) is 20.0. The minimum absolute atomic E-state index is 0.0349. The lowest BCUT2D eigenvalue weighted by molar-refractivity contribution is -0.124. The van der Waals surface area contributed by atoms with E-state index in [1.165, 1.54) is 15.3 Å². The van der Waals surface area contributed by atoms with Gasteiger partial charge >= 0.3 is 12.2 Å². The third-order valence-corrected chi connectivity index (χ3v) is 15.5. The number of amides is 3. The average Bonchev–Trinajstić information content (AvgIpc) is 3.69. The van der Waals surface area contributed by atoms with Crippen LogP contribution in [0.3, 0.4) is 0 Å². The summed E-state index contributed by atoms with van der Waals surface area (Å²) in [6.45, 7) is 7.75. The van der Waals surface area contributed by atoms with Gasteiger partial charge < -0.3 is 24.1 Å². The Morgan fingerprint density at radius 3 is 2.24 bits per heavy atom. The molecule has 1 unspecified atom stereocenters. The first-order chi connectivity index (χ1) is 24.0. The molecule has 2 saturated heterocycles. The van der Waals surface area contributed by atoms with E-state index in [-0.39, 0.29) is 30.0 Å². The molecule has 50 heavy (non-hydrogen) atoms. The number of carbonyl (C=O) groups excluding carboxylic acids is 3. The molecule has 0 aliphatic carbocycles. The van der Waals surface area contributed by atoms with Crippen molar-refractivity contribution in [3.63, 3.8) is 0 Å². The molecule has 1 N–H and O–H groups in total. The predicted octanol–water partition coefficient (Wildman–Crippen LogP) is 7.49. The first-order valence-electron chi connectivity index (χ1n) is 16.5. The number of nitrogens with one attached hydrogen (secondary N) is 1. The molecule has 4 aromatic rings. The van der Waals surface area contributed by atoms with Crippen LogP contribution in [0.1, 0.15) is 33.6 Å². The summed E-state index contributed by atoms with van der Waals surface area (Å²) in [5.74, 6) is -0.376. The Kier molecular flexibility index (Phi) is 10.9. The van der Waals surface area contributed by atoms with Gasteiger partial charge in [0.2, 0.25) is 5.91 Å². The fourth-order valence-corrected chi connectivity index (χ4v) is 12.5. The number of hydrogen-bond donors (Lipinski definition) is 1. The van der Waals surface area contributed by atoms with E-state index in [1.54, 1.807) is 35.2 Å². The monoisotopic (exact) mass is 751 g/mol. The molecule has 6 rings (SSSR count). The molecule has 3 heterocycles. The molecule has 0 saturated carbocycles. The Hall–Kier alpha value is -3.87. The Balaban J connectivity index is 1.13. The van der Waals surface area contributed by atoms with Gasteiger partial charge in [-0.2, -0.15) is 0 Å². The number of rotatable bonds is 10. The van der Waals surface area contributed by atoms with Gasteiger partial charge in [0.15, 0.2) is 5.06 Å². The summed E-state index contributed by atoms with van der Waals surface area (Å²) in [4.78, 5) is 42.2. The third-order valence-electron chi connectivity index (χ3n) is 9.09. The number of halogens is 2. The predicted molar refractivity (Wildman–Crippen MR) is 201 cm³/mol. The third kappa shape index (κ3) is 7.57. The molecule has 0 spiro atoms. The molecule has 3 amide bonds. The lowest BCUT2D eigenvalue weighted by Crippen LogP contribution is -2.67. The second-order valence-electron chi connectivity index (χ2n) is 13.4. The van der Waals surface area contributed by atoms with Crippen LogP contribution in [0.4, 0.5) is 21.0 Å². The van der Waals surface area contributed by atoms with Gasteiger partial charge in [0.1, 0.15) is 6.10 Å². The molecule has 2 aliphatic rings. The Bertz CT molecular complexity index is 1800. The topological polar surface area (TPSA) is 97.4 Å². The van der Waals surface area contributed by atoms with E-state index in [9.17, 15) is 14.4 Å². The van der Waals surface area contributed by atoms with Crippen LogP contribution >= 0.6 is 34.5 Å². The van der Waals surface area contributed by atoms with Crippen LogP contribution in [0.5, 0.6) is 5.06 Å². The van der Waals surface area contributed by atoms with Gasteiger partial charge in [-0.3, -0.25) is 9.69 Å². The quantitative estimate of drug-likeness (QED) is 0.169. The van der Waals surface area contributed by atoms with E-state index in [0.717, 1.165) is 17.8 Å². The number of hydrogen-bond acceptors (Lipinski definition) is 7. The zero-order chi connectivity index (χ0) is 35.5. The molecule has 262 valence electrons. The molecular weight excluding hydrogens is 713 g/mol. The van der Waals surface area contributed by atoms with Gasteiger partial charge in [-0.15, -0.1) is 0 Å². The largest absolute Gasteiger partial charge is 0.442 e. The zero-order valence-electron chi connectivity index (χ0n) is 28.1. The second kappa shape index (κ2) is 15.2. The van der Waals surface area contributed by atoms with E-state index in [4.69, 9.17) is 37.1 Å². The summed E-state index contributed by atoms with van der Waals surface area (Å²) in [7, 11) is -2.82. The number of anilines is 2. The molecule has 2 fully saturated rings. The maximum absolute atomic E-state index is 14.1. The van der Waals surface area contributed by atoms with E-state index >= 15 is 0 Å². The second-order valence-corrected chi connectivity index (χ2v) is 19.8. The SMILES string of the molecule is CC(C)(C)[Si](OCC1CCCN(c2ccc(N3C[C@H](CNC(=O)Oc4ccc(Cl)s4)OC3=O)cc2Cl)C1=O)(c1ccccc1)c1ccccc1. The fourth-order valence-electron chi connectivity index (χ4n) is 6.73. The van der Waals surface area contributed by atoms with Crippen molar-refractivity contribution in [2.24, 2.45) is 5.92 Å². The molecule has 1 aromatic heterocycles. The van der Waals surface area contributed by atoms with Gasteiger partial charge in [-0.1, -0.05) is 116 Å². The van der Waals surface area contributed by atoms with E-state index < -0.39 is 26.6 Å². The summed E-state index contributed by atoms with van der Waals surface area (Å²) in [5.41, 5.74) is 1.11. The zero-order valence-corrected chi connectivity index (χ0v) is 31.4. The molecule has 2 aliphatic heterocycles. The van der Waals surface area contributed by atoms with Crippen LogP contribution in [-0.2, 0) is 14.0 Å². The number of benzene rings is 3. The van der Waals surface area contributed by atoms with Gasteiger partial charge in [-0.05, 0) is 58.6 Å². The summed E-state index contributed by atoms with van der Waals surface area (Å²) < 4.78 is 18.3. The number of nitrogens with zero attached hydrogens (tertiary/aromatic N) is 2. The van der Waals surface area contributed by atoms with E-state index in [2.05, 4.69) is 50.4 Å². The minimum Gasteiger partial charge on any atom is -0.442 e. The molecule has 0 bridgehead atoms. The van der Waals surface area contributed by atoms with Crippen molar-refractivity contribution in [1.82, 2.24) is 5.32 Å². The standard InChI is InChI=1S/C37H39Cl2N3O6SSi/c1-37(2,3)50(28-12-6-4-7-13-28,29-14-8-5-9-15-29)46-24-25-11-10-20-41(34(25)43)31-17-16-26(21-30(31)38)42-23-27(47-36(42)45)22-40-35(44)48-33-19-18-32(39)49-33/h4-9,12-19,21,25,27H,10-11,20,22-24H2,1-3H3,(H,40,44)/t25?,27-/m0/s1. The molecular formula is C37H39Cl2N3O6SSi. The minimum atomic E-state index is -2.82. The number of carbonyl (C=O) groups is 3.